The van der Waals surface area contributed by atoms with Crippen LogP contribution in [-0.4, -0.2) is 41.4 Å². The van der Waals surface area contributed by atoms with Crippen molar-refractivity contribution < 1.29 is 23.5 Å². The van der Waals surface area contributed by atoms with Gasteiger partial charge in [0, 0.05) is 11.0 Å². The monoisotopic (exact) mass is 384 g/mol. The lowest BCUT2D eigenvalue weighted by Gasteiger charge is -2.34. The molecule has 7 nitrogen and oxygen atoms in total. The zero-order chi connectivity index (χ0) is 20.5. The van der Waals surface area contributed by atoms with Crippen molar-refractivity contribution in [1.29, 1.82) is 0 Å². The Bertz CT molecular complexity index is 869. The first-order valence-electron chi connectivity index (χ1n) is 9.10. The molecule has 148 valence electrons. The lowest BCUT2D eigenvalue weighted by molar-refractivity contribution is -0.120. The average Bonchev–Trinajstić information content (AvgIpc) is 3.29. The second kappa shape index (κ2) is 7.59. The standard InChI is InChI=1S/C21H24N2O5/c1-13-17(18(25)22-15-9-6-5-8-14(15)12-24)23(20(28-13)21(2,3)4)19(26)16-10-7-11-27-16/h5-13,17,20H,1-4H3,(H,22,25)/t13-,17+,20-/m1/s1. The lowest BCUT2D eigenvalue weighted by atomic mass is 9.93. The Hall–Kier alpha value is -2.93. The van der Waals surface area contributed by atoms with Gasteiger partial charge in [-0.2, -0.15) is 0 Å². The molecular formula is C21H24N2O5. The number of amides is 2. The minimum atomic E-state index is -0.874. The van der Waals surface area contributed by atoms with E-state index >= 15 is 0 Å². The number of ether oxygens (including phenoxy) is 1. The Morgan fingerprint density at radius 2 is 1.86 bits per heavy atom. The lowest BCUT2D eigenvalue weighted by Crippen LogP contribution is -2.52. The van der Waals surface area contributed by atoms with Crippen LogP contribution in [0.2, 0.25) is 0 Å². The quantitative estimate of drug-likeness (QED) is 0.817. The molecule has 1 saturated heterocycles. The summed E-state index contributed by atoms with van der Waals surface area (Å²) in [6.45, 7) is 7.57. The number of hydrogen-bond donors (Lipinski definition) is 1. The largest absolute Gasteiger partial charge is 0.459 e. The zero-order valence-corrected chi connectivity index (χ0v) is 16.3. The van der Waals surface area contributed by atoms with Crippen LogP contribution >= 0.6 is 0 Å². The van der Waals surface area contributed by atoms with Crippen molar-refractivity contribution in [2.24, 2.45) is 5.41 Å². The molecular weight excluding hydrogens is 360 g/mol. The normalized spacial score (nSPS) is 22.1. The molecule has 1 fully saturated rings. The third kappa shape index (κ3) is 3.71. The van der Waals surface area contributed by atoms with Gasteiger partial charge in [0.25, 0.3) is 5.91 Å². The molecule has 0 spiro atoms. The van der Waals surface area contributed by atoms with E-state index in [-0.39, 0.29) is 5.76 Å². The van der Waals surface area contributed by atoms with Crippen molar-refractivity contribution in [1.82, 2.24) is 4.90 Å². The van der Waals surface area contributed by atoms with E-state index in [1.807, 2.05) is 20.8 Å². The fourth-order valence-corrected chi connectivity index (χ4v) is 3.36. The van der Waals surface area contributed by atoms with Crippen molar-refractivity contribution in [3.63, 3.8) is 0 Å². The van der Waals surface area contributed by atoms with Gasteiger partial charge in [0.15, 0.2) is 12.0 Å². The zero-order valence-electron chi connectivity index (χ0n) is 16.3. The number of anilines is 1. The van der Waals surface area contributed by atoms with E-state index in [9.17, 15) is 14.4 Å². The highest BCUT2D eigenvalue weighted by Crippen LogP contribution is 2.36. The Balaban J connectivity index is 1.95. The Kier molecular flexibility index (Phi) is 5.38. The van der Waals surface area contributed by atoms with Gasteiger partial charge in [0.1, 0.15) is 12.3 Å². The van der Waals surface area contributed by atoms with E-state index in [1.54, 1.807) is 43.3 Å². The number of rotatable bonds is 4. The molecule has 7 heteroatoms. The van der Waals surface area contributed by atoms with Crippen LogP contribution in [0.3, 0.4) is 0 Å². The van der Waals surface area contributed by atoms with E-state index in [4.69, 9.17) is 9.15 Å². The number of carbonyl (C=O) groups excluding carboxylic acids is 3. The molecule has 1 N–H and O–H groups in total. The van der Waals surface area contributed by atoms with Gasteiger partial charge in [-0.15, -0.1) is 0 Å². The molecule has 0 aliphatic carbocycles. The van der Waals surface area contributed by atoms with Gasteiger partial charge in [-0.1, -0.05) is 32.9 Å². The SMILES string of the molecule is C[C@H]1O[C@H](C(C)(C)C)N(C(=O)c2ccco2)[C@@H]1C(=O)Nc1ccccc1C=O. The molecule has 0 unspecified atom stereocenters. The van der Waals surface area contributed by atoms with Gasteiger partial charge < -0.3 is 14.5 Å². The summed E-state index contributed by atoms with van der Waals surface area (Å²) in [4.78, 5) is 38.9. The highest BCUT2D eigenvalue weighted by Gasteiger charge is 2.51. The average molecular weight is 384 g/mol. The van der Waals surface area contributed by atoms with Gasteiger partial charge in [-0.25, -0.2) is 0 Å². The van der Waals surface area contributed by atoms with Crippen LogP contribution < -0.4 is 5.32 Å². The van der Waals surface area contributed by atoms with Crippen LogP contribution in [0.25, 0.3) is 0 Å². The minimum absolute atomic E-state index is 0.137. The molecule has 0 saturated carbocycles. The van der Waals surface area contributed by atoms with Crippen LogP contribution in [0.4, 0.5) is 5.69 Å². The second-order valence-corrected chi connectivity index (χ2v) is 7.89. The molecule has 2 amide bonds. The maximum atomic E-state index is 13.1. The summed E-state index contributed by atoms with van der Waals surface area (Å²) in [5, 5.41) is 2.76. The molecule has 1 aromatic carbocycles. The highest BCUT2D eigenvalue weighted by atomic mass is 16.5. The van der Waals surface area contributed by atoms with Crippen LogP contribution in [0.1, 0.15) is 48.6 Å². The number of para-hydroxylation sites is 1. The summed E-state index contributed by atoms with van der Waals surface area (Å²) in [5.74, 6) is -0.704. The number of hydrogen-bond acceptors (Lipinski definition) is 5. The smallest absolute Gasteiger partial charge is 0.292 e. The predicted octanol–water partition coefficient (Wildman–Crippen LogP) is 3.33. The first-order chi connectivity index (χ1) is 13.2. The number of nitrogens with zero attached hydrogens (tertiary/aromatic N) is 1. The fraction of sp³-hybridized carbons (Fsp3) is 0.381. The summed E-state index contributed by atoms with van der Waals surface area (Å²) >= 11 is 0. The minimum Gasteiger partial charge on any atom is -0.459 e. The first kappa shape index (κ1) is 19.8. The predicted molar refractivity (Wildman–Crippen MR) is 103 cm³/mol. The molecule has 0 radical (unpaired) electrons. The Labute approximate surface area is 163 Å². The molecule has 0 bridgehead atoms. The first-order valence-corrected chi connectivity index (χ1v) is 9.10. The molecule has 1 aliphatic heterocycles. The summed E-state index contributed by atoms with van der Waals surface area (Å²) in [5.41, 5.74) is 0.324. The molecule has 2 heterocycles. The van der Waals surface area contributed by atoms with E-state index in [0.29, 0.717) is 17.5 Å². The van der Waals surface area contributed by atoms with E-state index < -0.39 is 35.6 Å². The Morgan fingerprint density at radius 1 is 1.14 bits per heavy atom. The van der Waals surface area contributed by atoms with Crippen molar-refractivity contribution in [3.8, 4) is 0 Å². The summed E-state index contributed by atoms with van der Waals surface area (Å²) in [6.07, 6.45) is 0.937. The van der Waals surface area contributed by atoms with Crippen molar-refractivity contribution in [2.45, 2.75) is 46.1 Å². The van der Waals surface area contributed by atoms with Gasteiger partial charge >= 0.3 is 0 Å². The van der Waals surface area contributed by atoms with Crippen LogP contribution in [0.15, 0.2) is 47.1 Å². The molecule has 1 aliphatic rings. The van der Waals surface area contributed by atoms with Gasteiger partial charge in [0.2, 0.25) is 5.91 Å². The molecule has 1 aromatic heterocycles. The van der Waals surface area contributed by atoms with Crippen molar-refractivity contribution >= 4 is 23.8 Å². The number of nitrogens with one attached hydrogen (secondary N) is 1. The van der Waals surface area contributed by atoms with Crippen LogP contribution in [0.5, 0.6) is 0 Å². The van der Waals surface area contributed by atoms with Crippen LogP contribution in [0, 0.1) is 5.41 Å². The number of benzene rings is 1. The maximum Gasteiger partial charge on any atom is 0.292 e. The van der Waals surface area contributed by atoms with Crippen molar-refractivity contribution in [3.05, 3.63) is 54.0 Å². The summed E-state index contributed by atoms with van der Waals surface area (Å²) < 4.78 is 11.3. The van der Waals surface area contributed by atoms with Gasteiger partial charge in [0.05, 0.1) is 18.1 Å². The molecule has 28 heavy (non-hydrogen) atoms. The number of carbonyl (C=O) groups is 3. The molecule has 3 atom stereocenters. The maximum absolute atomic E-state index is 13.1. The van der Waals surface area contributed by atoms with Crippen LogP contribution in [-0.2, 0) is 9.53 Å². The highest BCUT2D eigenvalue weighted by molar-refractivity contribution is 6.03. The van der Waals surface area contributed by atoms with E-state index in [1.165, 1.54) is 11.2 Å². The summed E-state index contributed by atoms with van der Waals surface area (Å²) in [7, 11) is 0. The number of furan rings is 1. The topological polar surface area (TPSA) is 88.8 Å². The van der Waals surface area contributed by atoms with E-state index in [0.717, 1.165) is 0 Å². The molecule has 3 rings (SSSR count). The van der Waals surface area contributed by atoms with Crippen molar-refractivity contribution in [2.75, 3.05) is 5.32 Å². The van der Waals surface area contributed by atoms with Gasteiger partial charge in [-0.3, -0.25) is 19.3 Å². The second-order valence-electron chi connectivity index (χ2n) is 7.89. The van der Waals surface area contributed by atoms with E-state index in [2.05, 4.69) is 5.32 Å². The summed E-state index contributed by atoms with van der Waals surface area (Å²) in [6, 6.07) is 8.99. The fourth-order valence-electron chi connectivity index (χ4n) is 3.36. The third-order valence-corrected chi connectivity index (χ3v) is 4.66. The Morgan fingerprint density at radius 3 is 2.46 bits per heavy atom. The molecule has 2 aromatic rings. The number of aldehydes is 1. The third-order valence-electron chi connectivity index (χ3n) is 4.66. The van der Waals surface area contributed by atoms with Gasteiger partial charge in [-0.05, 0) is 31.2 Å².